The highest BCUT2D eigenvalue weighted by atomic mass is 16.4. The van der Waals surface area contributed by atoms with Crippen molar-refractivity contribution in [3.63, 3.8) is 0 Å². The Hall–Kier alpha value is -2.30. The molecule has 2 heterocycles. The van der Waals surface area contributed by atoms with Crippen LogP contribution < -0.4 is 10.7 Å². The molecule has 0 aromatic carbocycles. The Labute approximate surface area is 103 Å². The molecule has 0 aliphatic carbocycles. The Balaban J connectivity index is 2.31. The monoisotopic (exact) mass is 247 g/mol. The van der Waals surface area contributed by atoms with Crippen LogP contribution in [0.5, 0.6) is 0 Å². The van der Waals surface area contributed by atoms with Gasteiger partial charge in [-0.25, -0.2) is 0 Å². The highest BCUT2D eigenvalue weighted by Gasteiger charge is 2.15. The van der Waals surface area contributed by atoms with Gasteiger partial charge in [0.05, 0.1) is 12.8 Å². The summed E-state index contributed by atoms with van der Waals surface area (Å²) in [6.07, 6.45) is 1.55. The fourth-order valence-electron chi connectivity index (χ4n) is 1.65. The van der Waals surface area contributed by atoms with Crippen molar-refractivity contribution in [2.45, 2.75) is 20.4 Å². The highest BCUT2D eigenvalue weighted by molar-refractivity contribution is 5.98. The molecule has 0 aliphatic rings. The molecular formula is C13H13NO4. The summed E-state index contributed by atoms with van der Waals surface area (Å²) in [7, 11) is 0. The van der Waals surface area contributed by atoms with Gasteiger partial charge in [0.25, 0.3) is 0 Å². The average molecular weight is 247 g/mol. The van der Waals surface area contributed by atoms with Gasteiger partial charge < -0.3 is 14.2 Å². The first-order valence-corrected chi connectivity index (χ1v) is 5.50. The number of carbonyl (C=O) groups is 1. The van der Waals surface area contributed by atoms with Crippen LogP contribution in [0.2, 0.25) is 0 Å². The number of ketones is 1. The molecule has 1 N–H and O–H groups in total. The van der Waals surface area contributed by atoms with Gasteiger partial charge in [0.1, 0.15) is 17.1 Å². The molecule has 0 unspecified atom stereocenters. The minimum atomic E-state index is -0.340. The minimum absolute atomic E-state index is 0.0344. The van der Waals surface area contributed by atoms with Gasteiger partial charge in [-0.05, 0) is 26.0 Å². The van der Waals surface area contributed by atoms with Crippen molar-refractivity contribution >= 4 is 11.7 Å². The third kappa shape index (κ3) is 2.51. The molecule has 0 radical (unpaired) electrons. The van der Waals surface area contributed by atoms with E-state index in [1.807, 2.05) is 0 Å². The zero-order valence-electron chi connectivity index (χ0n) is 10.1. The second-order valence-corrected chi connectivity index (χ2v) is 3.91. The van der Waals surface area contributed by atoms with Gasteiger partial charge >= 0.3 is 0 Å². The van der Waals surface area contributed by atoms with Gasteiger partial charge in [-0.15, -0.1) is 0 Å². The molecule has 2 aromatic heterocycles. The van der Waals surface area contributed by atoms with Crippen LogP contribution in [0.15, 0.2) is 38.1 Å². The Morgan fingerprint density at radius 2 is 2.22 bits per heavy atom. The Bertz CT molecular complexity index is 610. The van der Waals surface area contributed by atoms with Crippen LogP contribution in [0.4, 0.5) is 5.88 Å². The van der Waals surface area contributed by atoms with E-state index < -0.39 is 0 Å². The molecule has 0 spiro atoms. The van der Waals surface area contributed by atoms with Gasteiger partial charge in [0, 0.05) is 6.07 Å². The number of carbonyl (C=O) groups excluding carboxylic acids is 1. The van der Waals surface area contributed by atoms with Crippen molar-refractivity contribution in [1.82, 2.24) is 0 Å². The first-order valence-electron chi connectivity index (χ1n) is 5.50. The van der Waals surface area contributed by atoms with E-state index in [1.54, 1.807) is 25.3 Å². The summed E-state index contributed by atoms with van der Waals surface area (Å²) in [4.78, 5) is 23.2. The maximum Gasteiger partial charge on any atom is 0.208 e. The van der Waals surface area contributed by atoms with E-state index >= 15 is 0 Å². The molecule has 0 aliphatic heterocycles. The quantitative estimate of drug-likeness (QED) is 0.839. The van der Waals surface area contributed by atoms with E-state index in [0.29, 0.717) is 18.1 Å². The number of hydrogen-bond acceptors (Lipinski definition) is 5. The molecule has 0 bridgehead atoms. The van der Waals surface area contributed by atoms with Crippen molar-refractivity contribution in [3.8, 4) is 0 Å². The number of hydrogen-bond donors (Lipinski definition) is 1. The summed E-state index contributed by atoms with van der Waals surface area (Å²) >= 11 is 0. The summed E-state index contributed by atoms with van der Waals surface area (Å²) in [6, 6.07) is 4.85. The molecule has 2 rings (SSSR count). The third-order valence-electron chi connectivity index (χ3n) is 2.43. The van der Waals surface area contributed by atoms with Gasteiger partial charge in [-0.2, -0.15) is 0 Å². The zero-order chi connectivity index (χ0) is 13.1. The first kappa shape index (κ1) is 12.2. The van der Waals surface area contributed by atoms with Crippen LogP contribution in [0.25, 0.3) is 0 Å². The van der Waals surface area contributed by atoms with E-state index in [4.69, 9.17) is 8.83 Å². The number of anilines is 1. The summed E-state index contributed by atoms with van der Waals surface area (Å²) in [5, 5.41) is 2.90. The van der Waals surface area contributed by atoms with Gasteiger partial charge in [-0.3, -0.25) is 9.59 Å². The fourth-order valence-corrected chi connectivity index (χ4v) is 1.65. The van der Waals surface area contributed by atoms with Crippen LogP contribution in [-0.2, 0) is 6.54 Å². The standard InChI is InChI=1S/C13H13NO4/c1-8-6-11(16)12(9(2)15)13(18-8)14-7-10-4-3-5-17-10/h3-6,14H,7H2,1-2H3. The SMILES string of the molecule is CC(=O)c1c(NCc2ccco2)oc(C)cc1=O. The molecule has 18 heavy (non-hydrogen) atoms. The summed E-state index contributed by atoms with van der Waals surface area (Å²) < 4.78 is 10.5. The normalized spacial score (nSPS) is 10.3. The van der Waals surface area contributed by atoms with Crippen LogP contribution in [-0.4, -0.2) is 5.78 Å². The molecule has 0 saturated heterocycles. The number of aryl methyl sites for hydroxylation is 1. The molecule has 94 valence electrons. The molecule has 0 atom stereocenters. The molecular weight excluding hydrogens is 234 g/mol. The van der Waals surface area contributed by atoms with Gasteiger partial charge in [0.2, 0.25) is 5.88 Å². The van der Waals surface area contributed by atoms with Crippen molar-refractivity contribution < 1.29 is 13.6 Å². The number of nitrogens with one attached hydrogen (secondary N) is 1. The second-order valence-electron chi connectivity index (χ2n) is 3.91. The van der Waals surface area contributed by atoms with Crippen LogP contribution in [0.1, 0.15) is 28.8 Å². The van der Waals surface area contributed by atoms with Crippen LogP contribution >= 0.6 is 0 Å². The molecule has 0 saturated carbocycles. The topological polar surface area (TPSA) is 72.5 Å². The third-order valence-corrected chi connectivity index (χ3v) is 2.43. The molecule has 2 aromatic rings. The maximum atomic E-state index is 11.7. The lowest BCUT2D eigenvalue weighted by atomic mass is 10.2. The van der Waals surface area contributed by atoms with Gasteiger partial charge in [0.15, 0.2) is 11.2 Å². The lowest BCUT2D eigenvalue weighted by Crippen LogP contribution is -2.16. The minimum Gasteiger partial charge on any atom is -0.467 e. The second kappa shape index (κ2) is 4.91. The number of rotatable bonds is 4. The summed E-state index contributed by atoms with van der Waals surface area (Å²) in [6.45, 7) is 3.34. The van der Waals surface area contributed by atoms with E-state index in [1.165, 1.54) is 13.0 Å². The largest absolute Gasteiger partial charge is 0.467 e. The predicted molar refractivity (Wildman–Crippen MR) is 65.8 cm³/mol. The van der Waals surface area contributed by atoms with Crippen molar-refractivity contribution in [3.05, 3.63) is 51.8 Å². The lowest BCUT2D eigenvalue weighted by Gasteiger charge is -2.07. The van der Waals surface area contributed by atoms with E-state index in [9.17, 15) is 9.59 Å². The predicted octanol–water partition coefficient (Wildman–Crippen LogP) is 2.36. The van der Waals surface area contributed by atoms with Crippen molar-refractivity contribution in [2.24, 2.45) is 0 Å². The molecule has 0 fully saturated rings. The summed E-state index contributed by atoms with van der Waals surface area (Å²) in [5.74, 6) is 0.996. The Morgan fingerprint density at radius 1 is 1.44 bits per heavy atom. The van der Waals surface area contributed by atoms with Crippen LogP contribution in [0.3, 0.4) is 0 Å². The fraction of sp³-hybridized carbons (Fsp3) is 0.231. The van der Waals surface area contributed by atoms with E-state index in [0.717, 1.165) is 0 Å². The average Bonchev–Trinajstić information content (AvgIpc) is 2.77. The molecule has 5 heteroatoms. The lowest BCUT2D eigenvalue weighted by molar-refractivity contribution is 0.101. The van der Waals surface area contributed by atoms with Crippen LogP contribution in [0, 0.1) is 6.92 Å². The van der Waals surface area contributed by atoms with Gasteiger partial charge in [-0.1, -0.05) is 0 Å². The molecule has 0 amide bonds. The zero-order valence-corrected chi connectivity index (χ0v) is 10.1. The van der Waals surface area contributed by atoms with Crippen molar-refractivity contribution in [2.75, 3.05) is 5.32 Å². The Kier molecular flexibility index (Phi) is 3.32. The smallest absolute Gasteiger partial charge is 0.208 e. The van der Waals surface area contributed by atoms with E-state index in [-0.39, 0.29) is 22.7 Å². The van der Waals surface area contributed by atoms with E-state index in [2.05, 4.69) is 5.32 Å². The highest BCUT2D eigenvalue weighted by Crippen LogP contribution is 2.15. The number of Topliss-reactive ketones (excluding diaryl/α,β-unsaturated/α-hetero) is 1. The Morgan fingerprint density at radius 3 is 2.83 bits per heavy atom. The first-order chi connectivity index (χ1) is 8.58. The van der Waals surface area contributed by atoms with Crippen molar-refractivity contribution in [1.29, 1.82) is 0 Å². The summed E-state index contributed by atoms with van der Waals surface area (Å²) in [5.41, 5.74) is -0.305. The number of furan rings is 1. The molecule has 5 nitrogen and oxygen atoms in total. The maximum absolute atomic E-state index is 11.7.